The fourth-order valence-electron chi connectivity index (χ4n) is 4.22. The number of pyridine rings is 1. The number of benzene rings is 1. The van der Waals surface area contributed by atoms with Crippen molar-refractivity contribution in [2.45, 2.75) is 6.92 Å². The third kappa shape index (κ3) is 3.78. The van der Waals surface area contributed by atoms with Gasteiger partial charge in [-0.25, -0.2) is 24.0 Å². The van der Waals surface area contributed by atoms with Gasteiger partial charge in [-0.05, 0) is 48.9 Å². The van der Waals surface area contributed by atoms with Crippen LogP contribution in [-0.4, -0.2) is 48.1 Å². The number of hydrogen-bond donors (Lipinski definition) is 1. The lowest BCUT2D eigenvalue weighted by atomic mass is 9.99. The fourth-order valence-corrected chi connectivity index (χ4v) is 4.22. The summed E-state index contributed by atoms with van der Waals surface area (Å²) in [5, 5.41) is 7.28. The summed E-state index contributed by atoms with van der Waals surface area (Å²) in [7, 11) is 0. The van der Waals surface area contributed by atoms with Crippen LogP contribution in [0.2, 0.25) is 0 Å². The molecule has 1 aliphatic rings. The van der Waals surface area contributed by atoms with Gasteiger partial charge in [0.1, 0.15) is 35.1 Å². The van der Waals surface area contributed by atoms with Crippen molar-refractivity contribution in [3.63, 3.8) is 0 Å². The summed E-state index contributed by atoms with van der Waals surface area (Å²) in [5.74, 6) is 1.34. The number of aromatic nitrogens is 6. The predicted octanol–water partition coefficient (Wildman–Crippen LogP) is 3.50. The highest BCUT2D eigenvalue weighted by molar-refractivity contribution is 5.97. The number of hydrogen-bond acceptors (Lipinski definition) is 6. The molecule has 0 atom stereocenters. The first kappa shape index (κ1) is 21.0. The van der Waals surface area contributed by atoms with Gasteiger partial charge in [-0.1, -0.05) is 6.07 Å². The molecule has 0 bridgehead atoms. The number of anilines is 2. The Morgan fingerprint density at radius 3 is 2.63 bits per heavy atom. The second-order valence-electron chi connectivity index (χ2n) is 8.48. The molecule has 1 saturated heterocycles. The van der Waals surface area contributed by atoms with Crippen LogP contribution in [0.15, 0.2) is 73.4 Å². The maximum Gasteiger partial charge on any atom is 0.232 e. The molecule has 1 aliphatic heterocycles. The first-order valence-corrected chi connectivity index (χ1v) is 11.2. The number of rotatable bonds is 5. The molecule has 1 amide bonds. The molecule has 0 spiro atoms. The lowest BCUT2D eigenvalue weighted by molar-refractivity contribution is -0.120. The molecule has 1 fully saturated rings. The summed E-state index contributed by atoms with van der Waals surface area (Å²) in [4.78, 5) is 28.6. The Labute approximate surface area is 199 Å². The van der Waals surface area contributed by atoms with E-state index in [1.165, 1.54) is 18.5 Å². The number of carbonyl (C=O) groups is 1. The minimum Gasteiger partial charge on any atom is -0.355 e. The van der Waals surface area contributed by atoms with Crippen molar-refractivity contribution in [1.29, 1.82) is 0 Å². The van der Waals surface area contributed by atoms with Crippen LogP contribution in [-0.2, 0) is 4.79 Å². The molecule has 4 aromatic heterocycles. The van der Waals surface area contributed by atoms with Crippen LogP contribution in [0.1, 0.15) is 5.56 Å². The lowest BCUT2D eigenvalue weighted by Gasteiger charge is -2.39. The second-order valence-corrected chi connectivity index (χ2v) is 8.48. The van der Waals surface area contributed by atoms with Crippen LogP contribution in [0.5, 0.6) is 0 Å². The topological polar surface area (TPSA) is 93.2 Å². The van der Waals surface area contributed by atoms with Crippen LogP contribution in [0.25, 0.3) is 22.7 Å². The van der Waals surface area contributed by atoms with E-state index in [9.17, 15) is 9.18 Å². The largest absolute Gasteiger partial charge is 0.355 e. The van der Waals surface area contributed by atoms with E-state index in [4.69, 9.17) is 4.98 Å². The van der Waals surface area contributed by atoms with Gasteiger partial charge >= 0.3 is 0 Å². The van der Waals surface area contributed by atoms with Gasteiger partial charge in [0.2, 0.25) is 5.91 Å². The minimum absolute atomic E-state index is 0.103. The molecule has 0 aliphatic carbocycles. The molecule has 174 valence electrons. The summed E-state index contributed by atoms with van der Waals surface area (Å²) >= 11 is 0. The summed E-state index contributed by atoms with van der Waals surface area (Å²) < 4.78 is 17.0. The Balaban J connectivity index is 1.23. The van der Waals surface area contributed by atoms with Crippen LogP contribution in [0.4, 0.5) is 16.0 Å². The van der Waals surface area contributed by atoms with E-state index in [0.29, 0.717) is 30.4 Å². The van der Waals surface area contributed by atoms with E-state index < -0.39 is 0 Å². The first-order valence-electron chi connectivity index (χ1n) is 11.2. The highest BCUT2D eigenvalue weighted by atomic mass is 19.1. The average Bonchev–Trinajstić information content (AvgIpc) is 3.49. The number of nitrogens with one attached hydrogen (secondary N) is 1. The van der Waals surface area contributed by atoms with Gasteiger partial charge in [0.05, 0.1) is 5.92 Å². The SMILES string of the molecule is Cc1cccn2c(NC(=O)C3CN(c4cc(-n5cccn5)ncn4)C3)c(-c3ccc(F)cc3)nc12. The van der Waals surface area contributed by atoms with E-state index in [2.05, 4.69) is 20.4 Å². The number of carbonyl (C=O) groups excluding carboxylic acids is 1. The highest BCUT2D eigenvalue weighted by Crippen LogP contribution is 2.31. The molecule has 9 nitrogen and oxygen atoms in total. The van der Waals surface area contributed by atoms with E-state index >= 15 is 0 Å². The average molecular weight is 468 g/mol. The van der Waals surface area contributed by atoms with Crippen molar-refractivity contribution in [3.8, 4) is 17.1 Å². The number of amides is 1. The Kier molecular flexibility index (Phi) is 4.98. The fraction of sp³-hybridized carbons (Fsp3) is 0.160. The summed E-state index contributed by atoms with van der Waals surface area (Å²) in [5.41, 5.74) is 3.04. The van der Waals surface area contributed by atoms with E-state index in [1.54, 1.807) is 23.0 Å². The summed E-state index contributed by atoms with van der Waals surface area (Å²) in [6, 6.07) is 13.7. The van der Waals surface area contributed by atoms with E-state index in [-0.39, 0.29) is 17.6 Å². The van der Waals surface area contributed by atoms with Gasteiger partial charge in [-0.15, -0.1) is 0 Å². The van der Waals surface area contributed by atoms with Crippen molar-refractivity contribution in [3.05, 3.63) is 84.8 Å². The second kappa shape index (κ2) is 8.32. The molecule has 5 aromatic rings. The molecular formula is C25H21FN8O. The summed E-state index contributed by atoms with van der Waals surface area (Å²) in [6.45, 7) is 3.03. The molecular weight excluding hydrogens is 447 g/mol. The molecule has 5 heterocycles. The molecule has 1 aromatic carbocycles. The third-order valence-electron chi connectivity index (χ3n) is 6.16. The minimum atomic E-state index is -0.325. The van der Waals surface area contributed by atoms with Crippen LogP contribution < -0.4 is 10.2 Å². The van der Waals surface area contributed by atoms with Crippen LogP contribution >= 0.6 is 0 Å². The highest BCUT2D eigenvalue weighted by Gasteiger charge is 2.34. The van der Waals surface area contributed by atoms with Crippen LogP contribution in [0, 0.1) is 18.7 Å². The zero-order chi connectivity index (χ0) is 23.9. The van der Waals surface area contributed by atoms with Gasteiger partial charge in [0.15, 0.2) is 5.82 Å². The smallest absolute Gasteiger partial charge is 0.232 e. The van der Waals surface area contributed by atoms with Gasteiger partial charge in [-0.2, -0.15) is 5.10 Å². The number of fused-ring (bicyclic) bond motifs is 1. The quantitative estimate of drug-likeness (QED) is 0.424. The number of imidazole rings is 1. The maximum absolute atomic E-state index is 13.5. The third-order valence-corrected chi connectivity index (χ3v) is 6.16. The zero-order valence-electron chi connectivity index (χ0n) is 18.8. The first-order chi connectivity index (χ1) is 17.1. The molecule has 10 heteroatoms. The normalized spacial score (nSPS) is 13.7. The van der Waals surface area contributed by atoms with Gasteiger partial charge < -0.3 is 10.2 Å². The van der Waals surface area contributed by atoms with E-state index in [1.807, 2.05) is 52.9 Å². The molecule has 1 N–H and O–H groups in total. The van der Waals surface area contributed by atoms with Gasteiger partial charge in [-0.3, -0.25) is 9.20 Å². The van der Waals surface area contributed by atoms with Crippen molar-refractivity contribution in [1.82, 2.24) is 29.1 Å². The molecule has 0 radical (unpaired) electrons. The molecule has 0 saturated carbocycles. The predicted molar refractivity (Wildman–Crippen MR) is 129 cm³/mol. The Morgan fingerprint density at radius 2 is 1.86 bits per heavy atom. The van der Waals surface area contributed by atoms with Gasteiger partial charge in [0, 0.05) is 43.3 Å². The molecule has 0 unspecified atom stereocenters. The summed E-state index contributed by atoms with van der Waals surface area (Å²) in [6.07, 6.45) is 6.86. The van der Waals surface area contributed by atoms with Crippen molar-refractivity contribution >= 4 is 23.2 Å². The Bertz CT molecular complexity index is 1520. The monoisotopic (exact) mass is 468 g/mol. The number of nitrogens with zero attached hydrogens (tertiary/aromatic N) is 7. The van der Waals surface area contributed by atoms with Gasteiger partial charge in [0.25, 0.3) is 0 Å². The maximum atomic E-state index is 13.5. The number of aryl methyl sites for hydroxylation is 1. The lowest BCUT2D eigenvalue weighted by Crippen LogP contribution is -2.52. The van der Waals surface area contributed by atoms with E-state index in [0.717, 1.165) is 22.6 Å². The molecule has 35 heavy (non-hydrogen) atoms. The Morgan fingerprint density at radius 1 is 1.06 bits per heavy atom. The van der Waals surface area contributed by atoms with Crippen LogP contribution in [0.3, 0.4) is 0 Å². The van der Waals surface area contributed by atoms with Crippen molar-refractivity contribution in [2.75, 3.05) is 23.3 Å². The Hall–Kier alpha value is -4.60. The molecule has 6 rings (SSSR count). The number of halogens is 1. The zero-order valence-corrected chi connectivity index (χ0v) is 18.8. The standard InChI is InChI=1S/C25H21FN8O/c1-16-4-2-10-33-23(16)30-22(17-5-7-19(26)8-6-17)24(33)31-25(35)18-13-32(14-18)20-12-21(28-15-27-20)34-11-3-9-29-34/h2-12,15,18H,13-14H2,1H3,(H,31,35). The van der Waals surface area contributed by atoms with Crippen molar-refractivity contribution in [2.24, 2.45) is 5.92 Å². The van der Waals surface area contributed by atoms with Crippen molar-refractivity contribution < 1.29 is 9.18 Å².